The van der Waals surface area contributed by atoms with Gasteiger partial charge in [-0.2, -0.15) is 18.2 Å². The summed E-state index contributed by atoms with van der Waals surface area (Å²) >= 11 is 0. The summed E-state index contributed by atoms with van der Waals surface area (Å²) in [5, 5.41) is 12.7. The van der Waals surface area contributed by atoms with Crippen molar-refractivity contribution in [2.75, 3.05) is 11.1 Å². The number of rotatable bonds is 7. The minimum atomic E-state index is -4.55. The molecule has 0 bridgehead atoms. The summed E-state index contributed by atoms with van der Waals surface area (Å²) in [5.74, 6) is 1.21. The highest BCUT2D eigenvalue weighted by molar-refractivity contribution is 5.58. The smallest absolute Gasteiger partial charge is 0.433 e. The van der Waals surface area contributed by atoms with E-state index in [9.17, 15) is 18.3 Å². The molecule has 4 rings (SSSR count). The van der Waals surface area contributed by atoms with Crippen LogP contribution in [0.5, 0.6) is 17.2 Å². The van der Waals surface area contributed by atoms with Gasteiger partial charge in [0.25, 0.3) is 0 Å². The standard InChI is InChI=1S/C24H20F3N5O2/c25-24(26,27)21-14-20(10-11-29-21)34-19-8-6-16(7-9-19)30-22-13-17(31-23(28)32-22)5-4-15-2-1-3-18(33)12-15/h1-3,6-14,33H,4-5H2,(H3,28,30,31,32). The maximum Gasteiger partial charge on any atom is 0.433 e. The molecule has 4 N–H and O–H groups in total. The number of alkyl halides is 3. The summed E-state index contributed by atoms with van der Waals surface area (Å²) in [4.78, 5) is 11.8. The van der Waals surface area contributed by atoms with Crippen LogP contribution >= 0.6 is 0 Å². The molecular formula is C24H20F3N5O2. The van der Waals surface area contributed by atoms with Gasteiger partial charge < -0.3 is 20.9 Å². The van der Waals surface area contributed by atoms with Crippen molar-refractivity contribution in [1.29, 1.82) is 0 Å². The van der Waals surface area contributed by atoms with E-state index in [-0.39, 0.29) is 17.4 Å². The molecule has 0 unspecified atom stereocenters. The number of phenols is 1. The predicted molar refractivity (Wildman–Crippen MR) is 121 cm³/mol. The van der Waals surface area contributed by atoms with Crippen molar-refractivity contribution in [3.63, 3.8) is 0 Å². The van der Waals surface area contributed by atoms with Crippen LogP contribution < -0.4 is 15.8 Å². The Morgan fingerprint density at radius 1 is 0.912 bits per heavy atom. The molecule has 2 aromatic carbocycles. The van der Waals surface area contributed by atoms with Gasteiger partial charge in [0.15, 0.2) is 0 Å². The maximum absolute atomic E-state index is 12.8. The zero-order chi connectivity index (χ0) is 24.1. The van der Waals surface area contributed by atoms with Crippen LogP contribution in [0, 0.1) is 0 Å². The number of aryl methyl sites for hydroxylation is 2. The van der Waals surface area contributed by atoms with Crippen molar-refractivity contribution in [2.45, 2.75) is 19.0 Å². The highest BCUT2D eigenvalue weighted by atomic mass is 19.4. The first-order valence-electron chi connectivity index (χ1n) is 10.2. The highest BCUT2D eigenvalue weighted by Crippen LogP contribution is 2.31. The molecule has 2 aromatic heterocycles. The van der Waals surface area contributed by atoms with Crippen LogP contribution in [0.1, 0.15) is 17.0 Å². The van der Waals surface area contributed by atoms with Gasteiger partial charge in [-0.15, -0.1) is 0 Å². The third kappa shape index (κ3) is 6.12. The molecule has 0 saturated heterocycles. The molecule has 0 amide bonds. The minimum absolute atomic E-state index is 0.0305. The third-order valence-electron chi connectivity index (χ3n) is 4.76. The van der Waals surface area contributed by atoms with E-state index in [1.807, 2.05) is 6.07 Å². The van der Waals surface area contributed by atoms with E-state index in [4.69, 9.17) is 10.5 Å². The Bertz CT molecular complexity index is 1280. The number of nitrogen functional groups attached to an aromatic ring is 1. The Labute approximate surface area is 193 Å². The van der Waals surface area contributed by atoms with E-state index in [1.165, 1.54) is 6.07 Å². The van der Waals surface area contributed by atoms with E-state index < -0.39 is 11.9 Å². The topological polar surface area (TPSA) is 106 Å². The molecule has 4 aromatic rings. The average molecular weight is 467 g/mol. The molecule has 10 heteroatoms. The van der Waals surface area contributed by atoms with Gasteiger partial charge in [-0.05, 0) is 60.9 Å². The first-order valence-corrected chi connectivity index (χ1v) is 10.2. The van der Waals surface area contributed by atoms with E-state index in [2.05, 4.69) is 20.3 Å². The lowest BCUT2D eigenvalue weighted by atomic mass is 10.1. The minimum Gasteiger partial charge on any atom is -0.508 e. The van der Waals surface area contributed by atoms with Gasteiger partial charge in [0, 0.05) is 29.7 Å². The zero-order valence-corrected chi connectivity index (χ0v) is 17.8. The van der Waals surface area contributed by atoms with Crippen molar-refractivity contribution >= 4 is 17.5 Å². The molecule has 2 heterocycles. The molecule has 0 aliphatic rings. The number of ether oxygens (including phenoxy) is 1. The number of hydrogen-bond donors (Lipinski definition) is 3. The van der Waals surface area contributed by atoms with Gasteiger partial charge in [-0.3, -0.25) is 4.98 Å². The van der Waals surface area contributed by atoms with Crippen LogP contribution in [-0.4, -0.2) is 20.1 Å². The lowest BCUT2D eigenvalue weighted by molar-refractivity contribution is -0.141. The third-order valence-corrected chi connectivity index (χ3v) is 4.76. The summed E-state index contributed by atoms with van der Waals surface area (Å²) < 4.78 is 44.0. The normalized spacial score (nSPS) is 11.3. The molecule has 0 spiro atoms. The number of anilines is 3. The van der Waals surface area contributed by atoms with Crippen LogP contribution in [0.15, 0.2) is 72.9 Å². The van der Waals surface area contributed by atoms with Gasteiger partial charge in [-0.25, -0.2) is 4.98 Å². The van der Waals surface area contributed by atoms with Gasteiger partial charge in [-0.1, -0.05) is 12.1 Å². The van der Waals surface area contributed by atoms with Crippen LogP contribution in [0.3, 0.4) is 0 Å². The van der Waals surface area contributed by atoms with E-state index in [0.717, 1.165) is 23.5 Å². The first-order chi connectivity index (χ1) is 16.2. The number of aromatic nitrogens is 3. The molecule has 0 atom stereocenters. The average Bonchev–Trinajstić information content (AvgIpc) is 2.78. The number of nitrogens with two attached hydrogens (primary N) is 1. The number of aromatic hydroxyl groups is 1. The summed E-state index contributed by atoms with van der Waals surface area (Å²) in [7, 11) is 0. The van der Waals surface area contributed by atoms with Crippen molar-refractivity contribution in [1.82, 2.24) is 15.0 Å². The monoisotopic (exact) mass is 467 g/mol. The fourth-order valence-corrected chi connectivity index (χ4v) is 3.21. The Balaban J connectivity index is 1.41. The first kappa shape index (κ1) is 22.8. The number of nitrogens with zero attached hydrogens (tertiary/aromatic N) is 3. The van der Waals surface area contributed by atoms with Crippen LogP contribution in [-0.2, 0) is 19.0 Å². The molecule has 0 aliphatic carbocycles. The Hall–Kier alpha value is -4.34. The fraction of sp³-hybridized carbons (Fsp3) is 0.125. The lowest BCUT2D eigenvalue weighted by Gasteiger charge is -2.11. The van der Waals surface area contributed by atoms with Crippen LogP contribution in [0.25, 0.3) is 0 Å². The number of halogens is 3. The molecule has 34 heavy (non-hydrogen) atoms. The molecular weight excluding hydrogens is 447 g/mol. The number of pyridine rings is 1. The summed E-state index contributed by atoms with van der Waals surface area (Å²) in [6, 6.07) is 17.6. The van der Waals surface area contributed by atoms with Crippen molar-refractivity contribution in [3.05, 3.63) is 89.9 Å². The number of hydrogen-bond acceptors (Lipinski definition) is 7. The number of nitrogens with one attached hydrogen (secondary N) is 1. The largest absolute Gasteiger partial charge is 0.508 e. The van der Waals surface area contributed by atoms with Gasteiger partial charge in [0.1, 0.15) is 28.8 Å². The van der Waals surface area contributed by atoms with Crippen molar-refractivity contribution in [3.8, 4) is 17.2 Å². The van der Waals surface area contributed by atoms with Gasteiger partial charge in [0.2, 0.25) is 5.95 Å². The van der Waals surface area contributed by atoms with Crippen molar-refractivity contribution < 1.29 is 23.0 Å². The lowest BCUT2D eigenvalue weighted by Crippen LogP contribution is -2.07. The van der Waals surface area contributed by atoms with E-state index in [1.54, 1.807) is 48.5 Å². The van der Waals surface area contributed by atoms with Crippen LogP contribution in [0.2, 0.25) is 0 Å². The summed E-state index contributed by atoms with van der Waals surface area (Å²) in [6.07, 6.45) is -2.23. The Kier molecular flexibility index (Phi) is 6.48. The number of phenolic OH excluding ortho intramolecular Hbond substituents is 1. The fourth-order valence-electron chi connectivity index (χ4n) is 3.21. The highest BCUT2D eigenvalue weighted by Gasteiger charge is 2.32. The molecule has 0 radical (unpaired) electrons. The molecule has 7 nitrogen and oxygen atoms in total. The quantitative estimate of drug-likeness (QED) is 0.330. The Morgan fingerprint density at radius 2 is 1.71 bits per heavy atom. The molecule has 0 aliphatic heterocycles. The maximum atomic E-state index is 12.8. The summed E-state index contributed by atoms with van der Waals surface area (Å²) in [6.45, 7) is 0. The molecule has 174 valence electrons. The predicted octanol–water partition coefficient (Wildman–Crippen LogP) is 5.50. The van der Waals surface area contributed by atoms with E-state index in [0.29, 0.717) is 30.1 Å². The SMILES string of the molecule is Nc1nc(CCc2cccc(O)c2)cc(Nc2ccc(Oc3ccnc(C(F)(F)F)c3)cc2)n1. The molecule has 0 saturated carbocycles. The molecule has 0 fully saturated rings. The zero-order valence-electron chi connectivity index (χ0n) is 17.8. The second-order valence-electron chi connectivity index (χ2n) is 7.40. The van der Waals surface area contributed by atoms with Crippen LogP contribution in [0.4, 0.5) is 30.6 Å². The number of benzene rings is 2. The van der Waals surface area contributed by atoms with Crippen molar-refractivity contribution in [2.24, 2.45) is 0 Å². The second-order valence-corrected chi connectivity index (χ2v) is 7.40. The summed E-state index contributed by atoms with van der Waals surface area (Å²) in [5.41, 5.74) is 7.21. The van der Waals surface area contributed by atoms with Gasteiger partial charge in [0.05, 0.1) is 0 Å². The van der Waals surface area contributed by atoms with Gasteiger partial charge >= 0.3 is 6.18 Å². The Morgan fingerprint density at radius 3 is 2.44 bits per heavy atom. The second kappa shape index (κ2) is 9.65. The van der Waals surface area contributed by atoms with E-state index >= 15 is 0 Å².